The van der Waals surface area contributed by atoms with E-state index in [4.69, 9.17) is 11.6 Å². The molecule has 0 saturated carbocycles. The number of aryl methyl sites for hydroxylation is 1. The maximum Gasteiger partial charge on any atom is 0.270 e. The normalized spacial score (nSPS) is 11.3. The van der Waals surface area contributed by atoms with Gasteiger partial charge in [0.05, 0.1) is 15.6 Å². The summed E-state index contributed by atoms with van der Waals surface area (Å²) >= 11 is 5.90. The van der Waals surface area contributed by atoms with Gasteiger partial charge in [-0.05, 0) is 30.7 Å². The van der Waals surface area contributed by atoms with Gasteiger partial charge in [0.25, 0.3) is 15.7 Å². The number of hydrogen-bond acceptors (Lipinski definition) is 5. The molecule has 0 radical (unpaired) electrons. The molecule has 7 nitrogen and oxygen atoms in total. The third-order valence-corrected chi connectivity index (χ3v) is 5.49. The summed E-state index contributed by atoms with van der Waals surface area (Å²) in [5.74, 6) is -0.233. The minimum absolute atomic E-state index is 0.0487. The lowest BCUT2D eigenvalue weighted by Gasteiger charge is -2.21. The molecule has 0 aliphatic rings. The number of nitro benzene ring substituents is 1. The Labute approximate surface area is 137 Å². The number of anilines is 1. The van der Waals surface area contributed by atoms with Crippen molar-refractivity contribution >= 4 is 33.0 Å². The van der Waals surface area contributed by atoms with Gasteiger partial charge >= 0.3 is 0 Å². The van der Waals surface area contributed by atoms with Gasteiger partial charge in [0.2, 0.25) is 0 Å². The molecule has 0 aliphatic carbocycles. The van der Waals surface area contributed by atoms with E-state index in [-0.39, 0.29) is 16.5 Å². The summed E-state index contributed by atoms with van der Waals surface area (Å²) in [6, 6.07) is 7.63. The van der Waals surface area contributed by atoms with Crippen LogP contribution in [0.15, 0.2) is 41.3 Å². The SMILES string of the molecule is Cc1ccc(O)c(N(C)S(=O)(=O)c2cc([N+](=O)[O-])ccc2Cl)c1. The molecule has 0 atom stereocenters. The third kappa shape index (κ3) is 3.22. The van der Waals surface area contributed by atoms with Crippen molar-refractivity contribution in [1.29, 1.82) is 0 Å². The first-order valence-corrected chi connectivity index (χ1v) is 8.19. The second-order valence-electron chi connectivity index (χ2n) is 4.84. The van der Waals surface area contributed by atoms with Crippen LogP contribution >= 0.6 is 11.6 Å². The van der Waals surface area contributed by atoms with Crippen LogP contribution in [0, 0.1) is 17.0 Å². The summed E-state index contributed by atoms with van der Waals surface area (Å²) in [6.45, 7) is 1.74. The first-order chi connectivity index (χ1) is 10.6. The molecule has 0 spiro atoms. The Morgan fingerprint density at radius 3 is 2.48 bits per heavy atom. The molecule has 122 valence electrons. The topological polar surface area (TPSA) is 101 Å². The van der Waals surface area contributed by atoms with Crippen LogP contribution in [-0.4, -0.2) is 25.5 Å². The number of phenolic OH excluding ortho intramolecular Hbond substituents is 1. The van der Waals surface area contributed by atoms with E-state index in [1.807, 2.05) is 0 Å². The van der Waals surface area contributed by atoms with Crippen molar-refractivity contribution in [3.63, 3.8) is 0 Å². The van der Waals surface area contributed by atoms with E-state index in [1.54, 1.807) is 13.0 Å². The fraction of sp³-hybridized carbons (Fsp3) is 0.143. The summed E-state index contributed by atoms with van der Waals surface area (Å²) in [5.41, 5.74) is 0.396. The molecule has 0 aliphatic heterocycles. The first kappa shape index (κ1) is 17.0. The van der Waals surface area contributed by atoms with E-state index < -0.39 is 25.5 Å². The molecule has 0 amide bonds. The van der Waals surface area contributed by atoms with Crippen LogP contribution in [0.5, 0.6) is 5.75 Å². The van der Waals surface area contributed by atoms with Crippen LogP contribution in [0.4, 0.5) is 11.4 Å². The summed E-state index contributed by atoms with van der Waals surface area (Å²) in [4.78, 5) is 9.73. The van der Waals surface area contributed by atoms with E-state index in [0.29, 0.717) is 0 Å². The van der Waals surface area contributed by atoms with E-state index >= 15 is 0 Å². The van der Waals surface area contributed by atoms with Gasteiger partial charge in [-0.25, -0.2) is 8.42 Å². The van der Waals surface area contributed by atoms with Crippen molar-refractivity contribution in [3.05, 3.63) is 57.1 Å². The second-order valence-corrected chi connectivity index (χ2v) is 7.18. The largest absolute Gasteiger partial charge is 0.506 e. The van der Waals surface area contributed by atoms with Gasteiger partial charge in [-0.2, -0.15) is 0 Å². The fourth-order valence-electron chi connectivity index (χ4n) is 1.97. The van der Waals surface area contributed by atoms with E-state index in [9.17, 15) is 23.6 Å². The molecular weight excluding hydrogens is 344 g/mol. The number of benzene rings is 2. The lowest BCUT2D eigenvalue weighted by atomic mass is 10.2. The first-order valence-electron chi connectivity index (χ1n) is 6.37. The Bertz CT molecular complexity index is 883. The molecule has 23 heavy (non-hydrogen) atoms. The number of phenols is 1. The van der Waals surface area contributed by atoms with Crippen molar-refractivity contribution < 1.29 is 18.4 Å². The van der Waals surface area contributed by atoms with Crippen LogP contribution < -0.4 is 4.31 Å². The van der Waals surface area contributed by atoms with Crippen LogP contribution in [0.3, 0.4) is 0 Å². The number of aromatic hydroxyl groups is 1. The molecular formula is C14H13ClN2O5S. The summed E-state index contributed by atoms with van der Waals surface area (Å²) in [7, 11) is -2.95. The van der Waals surface area contributed by atoms with Gasteiger partial charge < -0.3 is 5.11 Å². The summed E-state index contributed by atoms with van der Waals surface area (Å²) in [6.07, 6.45) is 0. The smallest absolute Gasteiger partial charge is 0.270 e. The van der Waals surface area contributed by atoms with Gasteiger partial charge in [0, 0.05) is 19.2 Å². The molecule has 0 bridgehead atoms. The fourth-order valence-corrected chi connectivity index (χ4v) is 3.66. The molecule has 2 rings (SSSR count). The van der Waals surface area contributed by atoms with E-state index in [1.165, 1.54) is 19.2 Å². The van der Waals surface area contributed by atoms with Crippen molar-refractivity contribution in [2.45, 2.75) is 11.8 Å². The zero-order chi connectivity index (χ0) is 17.4. The molecule has 2 aromatic carbocycles. The molecule has 2 aromatic rings. The number of rotatable bonds is 4. The van der Waals surface area contributed by atoms with Crippen LogP contribution in [0.25, 0.3) is 0 Å². The quantitative estimate of drug-likeness (QED) is 0.670. The predicted octanol–water partition coefficient (Wildman–Crippen LogP) is 3.09. The number of halogens is 1. The number of sulfonamides is 1. The highest BCUT2D eigenvalue weighted by atomic mass is 35.5. The molecule has 0 unspecified atom stereocenters. The van der Waals surface area contributed by atoms with Crippen molar-refractivity contribution in [2.75, 3.05) is 11.4 Å². The van der Waals surface area contributed by atoms with Gasteiger partial charge in [-0.3, -0.25) is 14.4 Å². The van der Waals surface area contributed by atoms with Crippen molar-refractivity contribution in [3.8, 4) is 5.75 Å². The van der Waals surface area contributed by atoms with Crippen molar-refractivity contribution in [1.82, 2.24) is 0 Å². The Morgan fingerprint density at radius 1 is 1.22 bits per heavy atom. The van der Waals surface area contributed by atoms with Gasteiger partial charge in [0.15, 0.2) is 0 Å². The zero-order valence-corrected chi connectivity index (χ0v) is 13.8. The summed E-state index contributed by atoms with van der Waals surface area (Å²) < 4.78 is 26.2. The Kier molecular flexibility index (Phi) is 4.49. The molecule has 0 fully saturated rings. The number of nitrogens with zero attached hydrogens (tertiary/aromatic N) is 2. The third-order valence-electron chi connectivity index (χ3n) is 3.23. The molecule has 9 heteroatoms. The standard InChI is InChI=1S/C14H13ClN2O5S/c1-9-3-6-13(18)12(7-9)16(2)23(21,22)14-8-10(17(19)20)4-5-11(14)15/h3-8,18H,1-2H3. The lowest BCUT2D eigenvalue weighted by molar-refractivity contribution is -0.385. The Balaban J connectivity index is 2.60. The highest BCUT2D eigenvalue weighted by molar-refractivity contribution is 7.93. The van der Waals surface area contributed by atoms with Crippen LogP contribution in [0.1, 0.15) is 5.56 Å². The average molecular weight is 357 g/mol. The Hall–Kier alpha value is -2.32. The van der Waals surface area contributed by atoms with Crippen LogP contribution in [-0.2, 0) is 10.0 Å². The monoisotopic (exact) mass is 356 g/mol. The number of non-ortho nitro benzene ring substituents is 1. The van der Waals surface area contributed by atoms with Gasteiger partial charge in [-0.15, -0.1) is 0 Å². The molecule has 1 N–H and O–H groups in total. The predicted molar refractivity (Wildman–Crippen MR) is 86.5 cm³/mol. The number of hydrogen-bond donors (Lipinski definition) is 1. The Morgan fingerprint density at radius 2 is 1.87 bits per heavy atom. The highest BCUT2D eigenvalue weighted by Crippen LogP contribution is 2.34. The maximum atomic E-state index is 12.7. The number of nitro groups is 1. The second kappa shape index (κ2) is 6.05. The average Bonchev–Trinajstić information content (AvgIpc) is 2.49. The summed E-state index contributed by atoms with van der Waals surface area (Å²) in [5, 5.41) is 20.6. The van der Waals surface area contributed by atoms with Gasteiger partial charge in [-0.1, -0.05) is 17.7 Å². The van der Waals surface area contributed by atoms with Gasteiger partial charge in [0.1, 0.15) is 10.6 Å². The lowest BCUT2D eigenvalue weighted by Crippen LogP contribution is -2.27. The minimum Gasteiger partial charge on any atom is -0.506 e. The molecule has 0 heterocycles. The maximum absolute atomic E-state index is 12.7. The minimum atomic E-state index is -4.18. The van der Waals surface area contributed by atoms with Crippen LogP contribution in [0.2, 0.25) is 5.02 Å². The van der Waals surface area contributed by atoms with E-state index in [2.05, 4.69) is 0 Å². The highest BCUT2D eigenvalue weighted by Gasteiger charge is 2.28. The zero-order valence-electron chi connectivity index (χ0n) is 12.2. The molecule has 0 aromatic heterocycles. The van der Waals surface area contributed by atoms with Crippen molar-refractivity contribution in [2.24, 2.45) is 0 Å². The molecule has 0 saturated heterocycles. The van der Waals surface area contributed by atoms with E-state index in [0.717, 1.165) is 28.1 Å².